The Bertz CT molecular complexity index is 496. The van der Waals surface area contributed by atoms with Crippen LogP contribution in [0.5, 0.6) is 5.75 Å². The van der Waals surface area contributed by atoms with Crippen LogP contribution in [-0.2, 0) is 9.53 Å². The van der Waals surface area contributed by atoms with E-state index >= 15 is 0 Å². The molecule has 0 heterocycles. The van der Waals surface area contributed by atoms with E-state index in [9.17, 15) is 14.7 Å². The number of carbonyl (C=O) groups is 2. The van der Waals surface area contributed by atoms with Crippen LogP contribution in [0.4, 0.5) is 4.79 Å². The topological polar surface area (TPSA) is 102 Å². The van der Waals surface area contributed by atoms with Crippen LogP contribution < -0.4 is 11.1 Å². The highest BCUT2D eigenvalue weighted by molar-refractivity contribution is 5.85. The molecule has 1 saturated carbocycles. The molecule has 1 aliphatic carbocycles. The first-order chi connectivity index (χ1) is 9.47. The van der Waals surface area contributed by atoms with Gasteiger partial charge in [-0.1, -0.05) is 12.1 Å². The summed E-state index contributed by atoms with van der Waals surface area (Å²) in [5, 5.41) is 11.7. The molecule has 2 rings (SSSR count). The summed E-state index contributed by atoms with van der Waals surface area (Å²) in [6, 6.07) is 4.91. The minimum Gasteiger partial charge on any atom is -0.508 e. The van der Waals surface area contributed by atoms with Crippen LogP contribution in [0, 0.1) is 5.92 Å². The summed E-state index contributed by atoms with van der Waals surface area (Å²) < 4.78 is 5.19. The zero-order chi connectivity index (χ0) is 14.7. The fourth-order valence-electron chi connectivity index (χ4n) is 1.97. The van der Waals surface area contributed by atoms with E-state index in [1.54, 1.807) is 0 Å². The molecule has 0 saturated heterocycles. The maximum absolute atomic E-state index is 11.8. The van der Waals surface area contributed by atoms with E-state index in [2.05, 4.69) is 5.32 Å². The molecule has 2 amide bonds. The molecule has 6 heteroatoms. The molecule has 2 unspecified atom stereocenters. The molecule has 2 atom stereocenters. The number of benzene rings is 1. The summed E-state index contributed by atoms with van der Waals surface area (Å²) >= 11 is 0. The Morgan fingerprint density at radius 1 is 1.35 bits per heavy atom. The monoisotopic (exact) mass is 278 g/mol. The van der Waals surface area contributed by atoms with E-state index in [0.29, 0.717) is 11.5 Å². The van der Waals surface area contributed by atoms with Crippen LogP contribution in [0.2, 0.25) is 0 Å². The summed E-state index contributed by atoms with van der Waals surface area (Å²) in [5.41, 5.74) is 5.78. The number of nitrogens with two attached hydrogens (primary N) is 1. The van der Waals surface area contributed by atoms with Crippen molar-refractivity contribution in [2.45, 2.75) is 31.9 Å². The van der Waals surface area contributed by atoms with Gasteiger partial charge in [0.05, 0.1) is 0 Å². The van der Waals surface area contributed by atoms with Gasteiger partial charge in [0.1, 0.15) is 17.9 Å². The van der Waals surface area contributed by atoms with E-state index in [1.165, 1.54) is 24.3 Å². The van der Waals surface area contributed by atoms with Crippen LogP contribution in [0.1, 0.15) is 31.4 Å². The number of phenols is 1. The number of amides is 2. The lowest BCUT2D eigenvalue weighted by Crippen LogP contribution is -2.39. The van der Waals surface area contributed by atoms with Gasteiger partial charge in [0.15, 0.2) is 0 Å². The summed E-state index contributed by atoms with van der Waals surface area (Å²) in [7, 11) is 0. The normalized spacial score (nSPS) is 17.1. The Labute approximate surface area is 116 Å². The summed E-state index contributed by atoms with van der Waals surface area (Å²) in [5.74, 6) is -0.199. The van der Waals surface area contributed by atoms with E-state index < -0.39 is 18.0 Å². The zero-order valence-electron chi connectivity index (χ0n) is 11.2. The van der Waals surface area contributed by atoms with Crippen molar-refractivity contribution in [1.82, 2.24) is 5.32 Å². The second-order valence-electron chi connectivity index (χ2n) is 5.02. The number of hydrogen-bond donors (Lipinski definition) is 3. The third-order valence-electron chi connectivity index (χ3n) is 3.35. The second-order valence-corrected chi connectivity index (χ2v) is 5.02. The summed E-state index contributed by atoms with van der Waals surface area (Å²) in [6.45, 7) is 1.83. The van der Waals surface area contributed by atoms with Gasteiger partial charge < -0.3 is 20.9 Å². The lowest BCUT2D eigenvalue weighted by Gasteiger charge is -2.18. The molecule has 108 valence electrons. The number of hydrogen-bond acceptors (Lipinski definition) is 4. The lowest BCUT2D eigenvalue weighted by atomic mass is 10.1. The number of nitrogens with one attached hydrogen (secondary N) is 1. The van der Waals surface area contributed by atoms with Crippen molar-refractivity contribution in [3.05, 3.63) is 29.8 Å². The number of alkyl carbamates (subject to hydrolysis) is 1. The smallest absolute Gasteiger partial charge is 0.408 e. The minimum atomic E-state index is -0.977. The van der Waals surface area contributed by atoms with Crippen molar-refractivity contribution in [3.8, 4) is 5.75 Å². The van der Waals surface area contributed by atoms with Crippen molar-refractivity contribution in [2.75, 3.05) is 0 Å². The van der Waals surface area contributed by atoms with Crippen LogP contribution in [-0.4, -0.2) is 23.2 Å². The maximum Gasteiger partial charge on any atom is 0.408 e. The van der Waals surface area contributed by atoms with Gasteiger partial charge in [-0.2, -0.15) is 0 Å². The zero-order valence-corrected chi connectivity index (χ0v) is 11.2. The highest BCUT2D eigenvalue weighted by Gasteiger charge is 2.31. The first-order valence-electron chi connectivity index (χ1n) is 6.52. The van der Waals surface area contributed by atoms with E-state index in [1.807, 2.05) is 6.92 Å². The van der Waals surface area contributed by atoms with Crippen molar-refractivity contribution >= 4 is 12.0 Å². The Morgan fingerprint density at radius 2 is 1.95 bits per heavy atom. The van der Waals surface area contributed by atoms with Crippen LogP contribution in [0.3, 0.4) is 0 Å². The lowest BCUT2D eigenvalue weighted by molar-refractivity contribution is -0.120. The number of carbonyl (C=O) groups excluding carboxylic acids is 2. The number of primary amides is 1. The summed E-state index contributed by atoms with van der Waals surface area (Å²) in [4.78, 5) is 23.2. The van der Waals surface area contributed by atoms with Crippen molar-refractivity contribution in [3.63, 3.8) is 0 Å². The van der Waals surface area contributed by atoms with Crippen LogP contribution in [0.25, 0.3) is 0 Å². The first kappa shape index (κ1) is 14.2. The fraction of sp³-hybridized carbons (Fsp3) is 0.429. The maximum atomic E-state index is 11.8. The second kappa shape index (κ2) is 5.81. The molecule has 0 radical (unpaired) electrons. The molecule has 0 aliphatic heterocycles. The molecule has 6 nitrogen and oxygen atoms in total. The molecular weight excluding hydrogens is 260 g/mol. The number of ether oxygens (including phenoxy) is 1. The van der Waals surface area contributed by atoms with Gasteiger partial charge >= 0.3 is 6.09 Å². The minimum absolute atomic E-state index is 0.0712. The number of aromatic hydroxyl groups is 1. The van der Waals surface area contributed by atoms with Gasteiger partial charge in [0, 0.05) is 0 Å². The van der Waals surface area contributed by atoms with Gasteiger partial charge in [0.25, 0.3) is 0 Å². The van der Waals surface area contributed by atoms with Gasteiger partial charge in [-0.15, -0.1) is 0 Å². The molecule has 1 aromatic carbocycles. The quantitative estimate of drug-likeness (QED) is 0.758. The molecule has 20 heavy (non-hydrogen) atoms. The largest absolute Gasteiger partial charge is 0.508 e. The van der Waals surface area contributed by atoms with Crippen molar-refractivity contribution in [2.24, 2.45) is 11.7 Å². The SMILES string of the molecule is CC(OC(=O)NC(C(N)=O)c1ccc(O)cc1)C1CC1. The molecule has 4 N–H and O–H groups in total. The average molecular weight is 278 g/mol. The molecule has 0 spiro atoms. The van der Waals surface area contributed by atoms with Crippen LogP contribution >= 0.6 is 0 Å². The Kier molecular flexibility index (Phi) is 4.12. The highest BCUT2D eigenvalue weighted by atomic mass is 16.6. The number of phenolic OH excluding ortho intramolecular Hbond substituents is 1. The number of rotatable bonds is 5. The molecule has 1 aromatic rings. The van der Waals surface area contributed by atoms with E-state index in [-0.39, 0.29) is 11.9 Å². The van der Waals surface area contributed by atoms with Gasteiger partial charge in [-0.3, -0.25) is 4.79 Å². The van der Waals surface area contributed by atoms with Crippen LogP contribution in [0.15, 0.2) is 24.3 Å². The average Bonchev–Trinajstić information content (AvgIpc) is 3.21. The predicted octanol–water partition coefficient (Wildman–Crippen LogP) is 1.44. The predicted molar refractivity (Wildman–Crippen MR) is 71.8 cm³/mol. The van der Waals surface area contributed by atoms with Gasteiger partial charge in [0.2, 0.25) is 5.91 Å². The summed E-state index contributed by atoms with van der Waals surface area (Å²) in [6.07, 6.45) is 1.29. The van der Waals surface area contributed by atoms with Gasteiger partial charge in [-0.05, 0) is 43.4 Å². The van der Waals surface area contributed by atoms with E-state index in [0.717, 1.165) is 12.8 Å². The standard InChI is InChI=1S/C14H18N2O4/c1-8(9-2-3-9)20-14(19)16-12(13(15)18)10-4-6-11(17)7-5-10/h4-9,12,17H,2-3H2,1H3,(H2,15,18)(H,16,19). The fourth-order valence-corrected chi connectivity index (χ4v) is 1.97. The molecule has 0 bridgehead atoms. The molecule has 0 aromatic heterocycles. The first-order valence-corrected chi connectivity index (χ1v) is 6.52. The Balaban J connectivity index is 1.99. The third kappa shape index (κ3) is 3.63. The van der Waals surface area contributed by atoms with Gasteiger partial charge in [-0.25, -0.2) is 4.79 Å². The molecule has 1 aliphatic rings. The molecular formula is C14H18N2O4. The Hall–Kier alpha value is -2.24. The highest BCUT2D eigenvalue weighted by Crippen LogP contribution is 2.34. The van der Waals surface area contributed by atoms with E-state index in [4.69, 9.17) is 10.5 Å². The third-order valence-corrected chi connectivity index (χ3v) is 3.35. The van der Waals surface area contributed by atoms with Crippen molar-refractivity contribution < 1.29 is 19.4 Å². The van der Waals surface area contributed by atoms with Crippen molar-refractivity contribution in [1.29, 1.82) is 0 Å². The Morgan fingerprint density at radius 3 is 2.45 bits per heavy atom. The molecule has 1 fully saturated rings.